The Hall–Kier alpha value is -1.39. The Bertz CT molecular complexity index is 379. The van der Waals surface area contributed by atoms with E-state index in [1.54, 1.807) is 0 Å². The number of amides is 1. The molecular weight excluding hydrogens is 204 g/mol. The number of hydroxylamine groups is 1. The van der Waals surface area contributed by atoms with Crippen molar-refractivity contribution < 1.29 is 9.63 Å². The highest BCUT2D eigenvalue weighted by atomic mass is 16.6. The van der Waals surface area contributed by atoms with Crippen molar-refractivity contribution in [1.82, 2.24) is 10.8 Å². The van der Waals surface area contributed by atoms with E-state index in [0.29, 0.717) is 6.61 Å². The SMILES string of the molecule is CCONC(=O)C1Cc2ccccc2CN1. The van der Waals surface area contributed by atoms with Gasteiger partial charge in [0.15, 0.2) is 0 Å². The van der Waals surface area contributed by atoms with E-state index in [-0.39, 0.29) is 11.9 Å². The molecule has 4 heteroatoms. The van der Waals surface area contributed by atoms with Crippen molar-refractivity contribution in [1.29, 1.82) is 0 Å². The first-order chi connectivity index (χ1) is 7.81. The molecule has 1 atom stereocenters. The smallest absolute Gasteiger partial charge is 0.261 e. The third-order valence-electron chi connectivity index (χ3n) is 2.71. The molecule has 1 aromatic rings. The molecule has 4 nitrogen and oxygen atoms in total. The minimum atomic E-state index is -0.193. The van der Waals surface area contributed by atoms with Gasteiger partial charge in [0.1, 0.15) is 0 Å². The molecule has 2 rings (SSSR count). The van der Waals surface area contributed by atoms with Crippen LogP contribution in [0.3, 0.4) is 0 Å². The number of fused-ring (bicyclic) bond motifs is 1. The van der Waals surface area contributed by atoms with Crippen LogP contribution in [0.15, 0.2) is 24.3 Å². The van der Waals surface area contributed by atoms with Crippen LogP contribution in [0, 0.1) is 0 Å². The molecule has 0 bridgehead atoms. The number of benzene rings is 1. The highest BCUT2D eigenvalue weighted by molar-refractivity contribution is 5.81. The molecule has 16 heavy (non-hydrogen) atoms. The number of hydrogen-bond donors (Lipinski definition) is 2. The number of rotatable bonds is 3. The topological polar surface area (TPSA) is 50.4 Å². The Balaban J connectivity index is 1.99. The van der Waals surface area contributed by atoms with Gasteiger partial charge in [-0.05, 0) is 24.5 Å². The Morgan fingerprint density at radius 1 is 1.50 bits per heavy atom. The van der Waals surface area contributed by atoms with E-state index in [4.69, 9.17) is 4.84 Å². The Kier molecular flexibility index (Phi) is 3.54. The summed E-state index contributed by atoms with van der Waals surface area (Å²) in [6.07, 6.45) is 0.717. The predicted molar refractivity (Wildman–Crippen MR) is 60.5 cm³/mol. The van der Waals surface area contributed by atoms with E-state index in [2.05, 4.69) is 22.9 Å². The summed E-state index contributed by atoms with van der Waals surface area (Å²) in [4.78, 5) is 16.6. The van der Waals surface area contributed by atoms with E-state index in [9.17, 15) is 4.79 Å². The molecule has 1 heterocycles. The van der Waals surface area contributed by atoms with Crippen LogP contribution in [0.4, 0.5) is 0 Å². The zero-order valence-electron chi connectivity index (χ0n) is 9.32. The molecule has 0 saturated heterocycles. The standard InChI is InChI=1S/C12H16N2O2/c1-2-16-14-12(15)11-7-9-5-3-4-6-10(9)8-13-11/h3-6,11,13H,2,7-8H2,1H3,(H,14,15). The van der Waals surface area contributed by atoms with Gasteiger partial charge in [-0.2, -0.15) is 0 Å². The van der Waals surface area contributed by atoms with Gasteiger partial charge in [0.2, 0.25) is 0 Å². The van der Waals surface area contributed by atoms with Gasteiger partial charge in [0.05, 0.1) is 12.6 Å². The van der Waals surface area contributed by atoms with Crippen LogP contribution in [0.5, 0.6) is 0 Å². The number of hydrogen-bond acceptors (Lipinski definition) is 3. The van der Waals surface area contributed by atoms with Crippen molar-refractivity contribution in [3.8, 4) is 0 Å². The third kappa shape index (κ3) is 2.40. The fourth-order valence-electron chi connectivity index (χ4n) is 1.85. The van der Waals surface area contributed by atoms with Gasteiger partial charge in [0.25, 0.3) is 5.91 Å². The molecule has 0 spiro atoms. The van der Waals surface area contributed by atoms with Gasteiger partial charge in [-0.15, -0.1) is 0 Å². The van der Waals surface area contributed by atoms with Crippen molar-refractivity contribution in [3.63, 3.8) is 0 Å². The van der Waals surface area contributed by atoms with Crippen molar-refractivity contribution in [2.24, 2.45) is 0 Å². The summed E-state index contributed by atoms with van der Waals surface area (Å²) in [5.74, 6) is -0.101. The molecule has 2 N–H and O–H groups in total. The number of carbonyl (C=O) groups excluding carboxylic acids is 1. The second kappa shape index (κ2) is 5.09. The number of carbonyl (C=O) groups is 1. The van der Waals surface area contributed by atoms with E-state index in [0.717, 1.165) is 13.0 Å². The minimum Gasteiger partial charge on any atom is -0.301 e. The molecule has 0 aliphatic carbocycles. The van der Waals surface area contributed by atoms with Gasteiger partial charge in [-0.25, -0.2) is 5.48 Å². The van der Waals surface area contributed by atoms with E-state index in [1.165, 1.54) is 11.1 Å². The summed E-state index contributed by atoms with van der Waals surface area (Å²) >= 11 is 0. The van der Waals surface area contributed by atoms with Crippen molar-refractivity contribution >= 4 is 5.91 Å². The predicted octanol–water partition coefficient (Wildman–Crippen LogP) is 0.769. The fraction of sp³-hybridized carbons (Fsp3) is 0.417. The quantitative estimate of drug-likeness (QED) is 0.740. The van der Waals surface area contributed by atoms with Gasteiger partial charge in [-0.1, -0.05) is 24.3 Å². The van der Waals surface area contributed by atoms with E-state index in [1.807, 2.05) is 19.1 Å². The summed E-state index contributed by atoms with van der Waals surface area (Å²) in [5, 5.41) is 3.19. The normalized spacial score (nSPS) is 18.9. The first-order valence-corrected chi connectivity index (χ1v) is 5.53. The van der Waals surface area contributed by atoms with Crippen molar-refractivity contribution in [2.75, 3.05) is 6.61 Å². The van der Waals surface area contributed by atoms with E-state index >= 15 is 0 Å². The molecular formula is C12H16N2O2. The second-order valence-electron chi connectivity index (χ2n) is 3.81. The lowest BCUT2D eigenvalue weighted by molar-refractivity contribution is -0.135. The molecule has 86 valence electrons. The maximum Gasteiger partial charge on any atom is 0.261 e. The van der Waals surface area contributed by atoms with Crippen LogP contribution < -0.4 is 10.8 Å². The summed E-state index contributed by atoms with van der Waals surface area (Å²) in [5.41, 5.74) is 4.93. The molecule has 0 saturated carbocycles. The maximum atomic E-state index is 11.7. The monoisotopic (exact) mass is 220 g/mol. The first kappa shape index (κ1) is 11.1. The van der Waals surface area contributed by atoms with Gasteiger partial charge >= 0.3 is 0 Å². The van der Waals surface area contributed by atoms with Crippen LogP contribution >= 0.6 is 0 Å². The summed E-state index contributed by atoms with van der Waals surface area (Å²) in [7, 11) is 0. The average Bonchev–Trinajstić information content (AvgIpc) is 2.35. The van der Waals surface area contributed by atoms with Crippen LogP contribution in [0.25, 0.3) is 0 Å². The highest BCUT2D eigenvalue weighted by Crippen LogP contribution is 2.16. The van der Waals surface area contributed by atoms with Crippen LogP contribution in [-0.4, -0.2) is 18.6 Å². The summed E-state index contributed by atoms with van der Waals surface area (Å²) in [6, 6.07) is 7.97. The summed E-state index contributed by atoms with van der Waals surface area (Å²) in [6.45, 7) is 3.05. The average molecular weight is 220 g/mol. The number of nitrogens with one attached hydrogen (secondary N) is 2. The second-order valence-corrected chi connectivity index (χ2v) is 3.81. The van der Waals surface area contributed by atoms with Crippen LogP contribution in [-0.2, 0) is 22.6 Å². The fourth-order valence-corrected chi connectivity index (χ4v) is 1.85. The third-order valence-corrected chi connectivity index (χ3v) is 2.71. The summed E-state index contributed by atoms with van der Waals surface area (Å²) < 4.78 is 0. The lowest BCUT2D eigenvalue weighted by Gasteiger charge is -2.24. The Labute approximate surface area is 94.9 Å². The molecule has 1 unspecified atom stereocenters. The first-order valence-electron chi connectivity index (χ1n) is 5.53. The Morgan fingerprint density at radius 2 is 2.25 bits per heavy atom. The van der Waals surface area contributed by atoms with Crippen molar-refractivity contribution in [3.05, 3.63) is 35.4 Å². The van der Waals surface area contributed by atoms with Gasteiger partial charge in [0, 0.05) is 6.54 Å². The molecule has 0 aromatic heterocycles. The molecule has 1 aliphatic heterocycles. The molecule has 1 aromatic carbocycles. The maximum absolute atomic E-state index is 11.7. The highest BCUT2D eigenvalue weighted by Gasteiger charge is 2.23. The van der Waals surface area contributed by atoms with Crippen molar-refractivity contribution in [2.45, 2.75) is 25.9 Å². The largest absolute Gasteiger partial charge is 0.301 e. The molecule has 0 fully saturated rings. The Morgan fingerprint density at radius 3 is 3.00 bits per heavy atom. The van der Waals surface area contributed by atoms with Crippen LogP contribution in [0.2, 0.25) is 0 Å². The zero-order valence-corrected chi connectivity index (χ0v) is 9.32. The lowest BCUT2D eigenvalue weighted by atomic mass is 9.96. The molecule has 0 radical (unpaired) electrons. The molecule has 1 aliphatic rings. The van der Waals surface area contributed by atoms with E-state index < -0.39 is 0 Å². The molecule has 1 amide bonds. The van der Waals surface area contributed by atoms with Gasteiger partial charge < -0.3 is 5.32 Å². The lowest BCUT2D eigenvalue weighted by Crippen LogP contribution is -2.47. The minimum absolute atomic E-state index is 0.101. The van der Waals surface area contributed by atoms with Crippen LogP contribution in [0.1, 0.15) is 18.1 Å². The van der Waals surface area contributed by atoms with Gasteiger partial charge in [-0.3, -0.25) is 9.63 Å². The zero-order chi connectivity index (χ0) is 11.4.